The average molecular weight is 347 g/mol. The van der Waals surface area contributed by atoms with Crippen molar-refractivity contribution in [3.8, 4) is 5.69 Å². The minimum Gasteiger partial charge on any atom is -0.333 e. The minimum absolute atomic E-state index is 0.0223. The zero-order chi connectivity index (χ0) is 17.8. The van der Waals surface area contributed by atoms with E-state index in [-0.39, 0.29) is 11.9 Å². The quantitative estimate of drug-likeness (QED) is 0.784. The Bertz CT molecular complexity index is 862. The molecule has 1 unspecified atom stereocenters. The second-order valence-corrected chi connectivity index (χ2v) is 6.40. The van der Waals surface area contributed by atoms with Gasteiger partial charge in [-0.15, -0.1) is 0 Å². The van der Waals surface area contributed by atoms with E-state index in [1.165, 1.54) is 0 Å². The summed E-state index contributed by atoms with van der Waals surface area (Å²) >= 11 is 0. The van der Waals surface area contributed by atoms with Gasteiger partial charge in [0.05, 0.1) is 24.3 Å². The van der Waals surface area contributed by atoms with Crippen molar-refractivity contribution in [2.24, 2.45) is 0 Å². The number of carbonyl (C=O) groups is 1. The maximum atomic E-state index is 12.9. The number of aromatic nitrogens is 3. The van der Waals surface area contributed by atoms with E-state index in [1.54, 1.807) is 17.1 Å². The van der Waals surface area contributed by atoms with Crippen molar-refractivity contribution in [2.75, 3.05) is 19.6 Å². The molecule has 132 valence electrons. The lowest BCUT2D eigenvalue weighted by atomic mass is 10.0. The topological polar surface area (TPSA) is 63.1 Å². The first-order valence-corrected chi connectivity index (χ1v) is 8.80. The maximum absolute atomic E-state index is 12.9. The number of piperazine rings is 1. The molecule has 0 aliphatic carbocycles. The predicted molar refractivity (Wildman–Crippen MR) is 98.8 cm³/mol. The van der Waals surface area contributed by atoms with Gasteiger partial charge in [0.15, 0.2) is 0 Å². The summed E-state index contributed by atoms with van der Waals surface area (Å²) in [4.78, 5) is 19.1. The Balaban J connectivity index is 1.49. The van der Waals surface area contributed by atoms with E-state index in [2.05, 4.69) is 15.4 Å². The molecule has 26 heavy (non-hydrogen) atoms. The molecule has 1 N–H and O–H groups in total. The molecule has 4 rings (SSSR count). The molecule has 1 saturated heterocycles. The molecule has 3 heterocycles. The smallest absolute Gasteiger partial charge is 0.227 e. The summed E-state index contributed by atoms with van der Waals surface area (Å²) in [6.45, 7) is 2.26. The fourth-order valence-corrected chi connectivity index (χ4v) is 3.32. The molecule has 2 aromatic heterocycles. The normalized spacial score (nSPS) is 17.2. The van der Waals surface area contributed by atoms with Gasteiger partial charge in [-0.1, -0.05) is 24.3 Å². The summed E-state index contributed by atoms with van der Waals surface area (Å²) < 4.78 is 1.80. The number of para-hydroxylation sites is 1. The number of pyridine rings is 1. The van der Waals surface area contributed by atoms with Crippen molar-refractivity contribution in [1.29, 1.82) is 0 Å². The van der Waals surface area contributed by atoms with Crippen molar-refractivity contribution < 1.29 is 4.79 Å². The molecular formula is C20H21N5O. The third kappa shape index (κ3) is 3.50. The van der Waals surface area contributed by atoms with Gasteiger partial charge in [-0.25, -0.2) is 4.68 Å². The lowest BCUT2D eigenvalue weighted by Gasteiger charge is -2.36. The van der Waals surface area contributed by atoms with E-state index < -0.39 is 0 Å². The van der Waals surface area contributed by atoms with Crippen LogP contribution >= 0.6 is 0 Å². The highest BCUT2D eigenvalue weighted by Gasteiger charge is 2.28. The van der Waals surface area contributed by atoms with Gasteiger partial charge >= 0.3 is 0 Å². The van der Waals surface area contributed by atoms with Crippen LogP contribution in [-0.2, 0) is 11.2 Å². The van der Waals surface area contributed by atoms with Gasteiger partial charge < -0.3 is 10.2 Å². The zero-order valence-corrected chi connectivity index (χ0v) is 14.5. The number of nitrogens with one attached hydrogen (secondary N) is 1. The lowest BCUT2D eigenvalue weighted by molar-refractivity contribution is -0.133. The highest BCUT2D eigenvalue weighted by atomic mass is 16.2. The maximum Gasteiger partial charge on any atom is 0.227 e. The van der Waals surface area contributed by atoms with Gasteiger partial charge in [-0.3, -0.25) is 9.78 Å². The van der Waals surface area contributed by atoms with Crippen molar-refractivity contribution >= 4 is 5.91 Å². The van der Waals surface area contributed by atoms with Crippen LogP contribution in [0, 0.1) is 0 Å². The van der Waals surface area contributed by atoms with E-state index in [9.17, 15) is 4.79 Å². The number of hydrogen-bond acceptors (Lipinski definition) is 4. The van der Waals surface area contributed by atoms with Gasteiger partial charge in [0.25, 0.3) is 0 Å². The molecule has 1 aromatic carbocycles. The van der Waals surface area contributed by atoms with E-state index in [0.29, 0.717) is 13.0 Å². The number of benzene rings is 1. The summed E-state index contributed by atoms with van der Waals surface area (Å²) in [7, 11) is 0. The SMILES string of the molecule is O=C(Cc1cnn(-c2ccccc2)c1)N1CCNCC1c1cccnc1. The largest absolute Gasteiger partial charge is 0.333 e. The summed E-state index contributed by atoms with van der Waals surface area (Å²) in [5, 5.41) is 7.75. The molecule has 1 fully saturated rings. The Labute approximate surface area is 152 Å². The van der Waals surface area contributed by atoms with Gasteiger partial charge in [-0.2, -0.15) is 5.10 Å². The molecule has 0 radical (unpaired) electrons. The summed E-state index contributed by atoms with van der Waals surface area (Å²) in [6, 6.07) is 13.9. The molecule has 6 heteroatoms. The molecule has 3 aromatic rings. The van der Waals surface area contributed by atoms with Crippen molar-refractivity contribution in [1.82, 2.24) is 25.0 Å². The van der Waals surface area contributed by atoms with Gasteiger partial charge in [-0.05, 0) is 29.3 Å². The van der Waals surface area contributed by atoms with Crippen LogP contribution in [0.2, 0.25) is 0 Å². The number of nitrogens with zero attached hydrogens (tertiary/aromatic N) is 4. The third-order valence-corrected chi connectivity index (χ3v) is 4.65. The summed E-state index contributed by atoms with van der Waals surface area (Å²) in [5.41, 5.74) is 2.97. The molecule has 1 atom stereocenters. The summed E-state index contributed by atoms with van der Waals surface area (Å²) in [6.07, 6.45) is 7.64. The van der Waals surface area contributed by atoms with Crippen LogP contribution in [0.4, 0.5) is 0 Å². The number of amides is 1. The number of carbonyl (C=O) groups excluding carboxylic acids is 1. The van der Waals surface area contributed by atoms with Crippen LogP contribution < -0.4 is 5.32 Å². The van der Waals surface area contributed by atoms with Gasteiger partial charge in [0, 0.05) is 38.2 Å². The number of rotatable bonds is 4. The Morgan fingerprint density at radius 1 is 1.15 bits per heavy atom. The first-order valence-electron chi connectivity index (χ1n) is 8.80. The number of hydrogen-bond donors (Lipinski definition) is 1. The fourth-order valence-electron chi connectivity index (χ4n) is 3.32. The first-order chi connectivity index (χ1) is 12.8. The van der Waals surface area contributed by atoms with E-state index in [4.69, 9.17) is 0 Å². The van der Waals surface area contributed by atoms with Crippen LogP contribution in [0.3, 0.4) is 0 Å². The Morgan fingerprint density at radius 2 is 2.04 bits per heavy atom. The first kappa shape index (κ1) is 16.5. The molecule has 0 bridgehead atoms. The highest BCUT2D eigenvalue weighted by Crippen LogP contribution is 2.22. The predicted octanol–water partition coefficient (Wildman–Crippen LogP) is 1.98. The molecule has 1 amide bonds. The summed E-state index contributed by atoms with van der Waals surface area (Å²) in [5.74, 6) is 0.118. The molecule has 0 spiro atoms. The minimum atomic E-state index is 0.0223. The van der Waals surface area contributed by atoms with E-state index in [1.807, 2.05) is 59.8 Å². The fraction of sp³-hybridized carbons (Fsp3) is 0.250. The van der Waals surface area contributed by atoms with Crippen LogP contribution in [0.1, 0.15) is 17.2 Å². The molecular weight excluding hydrogens is 326 g/mol. The second-order valence-electron chi connectivity index (χ2n) is 6.40. The lowest BCUT2D eigenvalue weighted by Crippen LogP contribution is -2.49. The highest BCUT2D eigenvalue weighted by molar-refractivity contribution is 5.79. The second kappa shape index (κ2) is 7.49. The molecule has 1 aliphatic rings. The monoisotopic (exact) mass is 347 g/mol. The van der Waals surface area contributed by atoms with Crippen LogP contribution in [0.15, 0.2) is 67.3 Å². The van der Waals surface area contributed by atoms with Crippen molar-refractivity contribution in [3.63, 3.8) is 0 Å². The Hall–Kier alpha value is -2.99. The van der Waals surface area contributed by atoms with E-state index in [0.717, 1.165) is 29.9 Å². The van der Waals surface area contributed by atoms with Crippen LogP contribution in [-0.4, -0.2) is 45.2 Å². The zero-order valence-electron chi connectivity index (χ0n) is 14.5. The molecule has 6 nitrogen and oxygen atoms in total. The molecule has 1 aliphatic heterocycles. The van der Waals surface area contributed by atoms with Crippen LogP contribution in [0.25, 0.3) is 5.69 Å². The van der Waals surface area contributed by atoms with Gasteiger partial charge in [0.1, 0.15) is 0 Å². The average Bonchev–Trinajstić information content (AvgIpc) is 3.18. The Kier molecular flexibility index (Phi) is 4.75. The van der Waals surface area contributed by atoms with Gasteiger partial charge in [0.2, 0.25) is 5.91 Å². The Morgan fingerprint density at radius 3 is 2.85 bits per heavy atom. The standard InChI is InChI=1S/C20H21N5O/c26-20(11-16-12-23-25(15-16)18-6-2-1-3-7-18)24-10-9-22-14-19(24)17-5-4-8-21-13-17/h1-8,12-13,15,19,22H,9-11,14H2. The van der Waals surface area contributed by atoms with Crippen molar-refractivity contribution in [2.45, 2.75) is 12.5 Å². The van der Waals surface area contributed by atoms with Crippen LogP contribution in [0.5, 0.6) is 0 Å². The van der Waals surface area contributed by atoms with E-state index >= 15 is 0 Å². The molecule has 0 saturated carbocycles. The third-order valence-electron chi connectivity index (χ3n) is 4.65. The van der Waals surface area contributed by atoms with Crippen molar-refractivity contribution in [3.05, 3.63) is 78.4 Å².